The number of alkyl halides is 3. The summed E-state index contributed by atoms with van der Waals surface area (Å²) < 4.78 is 65.3. The van der Waals surface area contributed by atoms with E-state index in [9.17, 15) is 23.0 Å². The van der Waals surface area contributed by atoms with Crippen molar-refractivity contribution in [2.45, 2.75) is 33.5 Å². The molecule has 3 aromatic rings. The average Bonchev–Trinajstić information content (AvgIpc) is 3.08. The van der Waals surface area contributed by atoms with Crippen molar-refractivity contribution in [2.24, 2.45) is 0 Å². The Morgan fingerprint density at radius 3 is 2.42 bits per heavy atom. The Morgan fingerprint density at radius 2 is 1.82 bits per heavy atom. The lowest BCUT2D eigenvalue weighted by Gasteiger charge is -2.15. The monoisotopic (exact) mass is 476 g/mol. The van der Waals surface area contributed by atoms with Crippen molar-refractivity contribution in [3.63, 3.8) is 0 Å². The van der Waals surface area contributed by atoms with E-state index in [1.54, 1.807) is 37.6 Å². The summed E-state index contributed by atoms with van der Waals surface area (Å²) in [7, 11) is -3.80. The standard InChI is InChI=1S/C24H24F3N2O3P/c1-4-31-33(30,32-5-2)21(14-28)13-19-16-29(23-9-7-6-8-22(19)23)15-18-10-17(3)11-20(12-18)24(25,26)27/h6-13,16H,4-5,15H2,1-3H3/b21-13+. The largest absolute Gasteiger partial charge is 0.416 e. The van der Waals surface area contributed by atoms with Crippen LogP contribution in [0.1, 0.15) is 36.1 Å². The highest BCUT2D eigenvalue weighted by Crippen LogP contribution is 2.56. The van der Waals surface area contributed by atoms with Gasteiger partial charge in [-0.2, -0.15) is 18.4 Å². The van der Waals surface area contributed by atoms with Crippen LogP contribution in [0.5, 0.6) is 0 Å². The Hall–Kier alpha value is -2.85. The Balaban J connectivity index is 2.10. The van der Waals surface area contributed by atoms with Crippen molar-refractivity contribution in [2.75, 3.05) is 13.2 Å². The first-order valence-corrected chi connectivity index (χ1v) is 11.9. The molecule has 5 nitrogen and oxygen atoms in total. The maximum Gasteiger partial charge on any atom is 0.416 e. The first kappa shape index (κ1) is 24.8. The van der Waals surface area contributed by atoms with E-state index in [4.69, 9.17) is 9.05 Å². The van der Waals surface area contributed by atoms with E-state index in [0.717, 1.165) is 23.0 Å². The van der Waals surface area contributed by atoms with E-state index < -0.39 is 19.3 Å². The summed E-state index contributed by atoms with van der Waals surface area (Å²) >= 11 is 0. The third-order valence-electron chi connectivity index (χ3n) is 4.94. The van der Waals surface area contributed by atoms with Crippen molar-refractivity contribution in [1.82, 2.24) is 4.57 Å². The molecular weight excluding hydrogens is 452 g/mol. The zero-order chi connectivity index (χ0) is 24.2. The molecule has 0 aliphatic carbocycles. The molecule has 174 valence electrons. The number of rotatable bonds is 8. The summed E-state index contributed by atoms with van der Waals surface area (Å²) in [5.41, 5.74) is 1.66. The highest BCUT2D eigenvalue weighted by atomic mass is 31.2. The number of aryl methyl sites for hydroxylation is 1. The minimum Gasteiger partial charge on any atom is -0.342 e. The molecule has 0 N–H and O–H groups in total. The van der Waals surface area contributed by atoms with Crippen LogP contribution in [0.4, 0.5) is 13.2 Å². The van der Waals surface area contributed by atoms with Crippen LogP contribution in [0.3, 0.4) is 0 Å². The van der Waals surface area contributed by atoms with Gasteiger partial charge in [-0.1, -0.05) is 29.8 Å². The SMILES string of the molecule is CCOP(=O)(OCC)/C(C#N)=C/c1cn(Cc2cc(C)cc(C(F)(F)F)c2)c2ccccc12. The second kappa shape index (κ2) is 9.96. The molecule has 0 aliphatic heterocycles. The molecule has 0 aliphatic rings. The molecule has 0 bridgehead atoms. The molecule has 0 fully saturated rings. The molecule has 0 amide bonds. The number of nitrogens with zero attached hydrogens (tertiary/aromatic N) is 2. The zero-order valence-electron chi connectivity index (χ0n) is 18.5. The number of nitriles is 1. The van der Waals surface area contributed by atoms with Gasteiger partial charge in [-0.15, -0.1) is 0 Å². The maximum absolute atomic E-state index is 13.3. The number of fused-ring (bicyclic) bond motifs is 1. The van der Waals surface area contributed by atoms with Crippen LogP contribution < -0.4 is 0 Å². The van der Waals surface area contributed by atoms with Crippen molar-refractivity contribution >= 4 is 24.6 Å². The fraction of sp³-hybridized carbons (Fsp3) is 0.292. The first-order valence-electron chi connectivity index (χ1n) is 10.4. The Kier molecular flexibility index (Phi) is 7.48. The predicted molar refractivity (Wildman–Crippen MR) is 122 cm³/mol. The van der Waals surface area contributed by atoms with Crippen LogP contribution in [0.25, 0.3) is 17.0 Å². The minimum atomic E-state index is -4.44. The highest BCUT2D eigenvalue weighted by Gasteiger charge is 2.31. The van der Waals surface area contributed by atoms with Gasteiger partial charge in [-0.3, -0.25) is 4.57 Å². The second-order valence-electron chi connectivity index (χ2n) is 7.41. The summed E-state index contributed by atoms with van der Waals surface area (Å²) in [4.78, 5) is 0. The van der Waals surface area contributed by atoms with Gasteiger partial charge < -0.3 is 13.6 Å². The summed E-state index contributed by atoms with van der Waals surface area (Å²) in [6, 6.07) is 13.2. The number of hydrogen-bond donors (Lipinski definition) is 0. The smallest absolute Gasteiger partial charge is 0.342 e. The topological polar surface area (TPSA) is 64.2 Å². The van der Waals surface area contributed by atoms with Gasteiger partial charge in [0, 0.05) is 29.2 Å². The van der Waals surface area contributed by atoms with Gasteiger partial charge in [0.25, 0.3) is 0 Å². The number of allylic oxidation sites excluding steroid dienone is 1. The lowest BCUT2D eigenvalue weighted by atomic mass is 10.1. The van der Waals surface area contributed by atoms with Gasteiger partial charge in [0.15, 0.2) is 0 Å². The number of hydrogen-bond acceptors (Lipinski definition) is 4. The van der Waals surface area contributed by atoms with Crippen molar-refractivity contribution in [3.05, 3.63) is 76.2 Å². The Morgan fingerprint density at radius 1 is 1.15 bits per heavy atom. The quantitative estimate of drug-likeness (QED) is 0.256. The van der Waals surface area contributed by atoms with Gasteiger partial charge in [0.2, 0.25) is 0 Å². The predicted octanol–water partition coefficient (Wildman–Crippen LogP) is 7.15. The summed E-state index contributed by atoms with van der Waals surface area (Å²) in [5, 5.41) is 10.3. The minimum absolute atomic E-state index is 0.104. The van der Waals surface area contributed by atoms with Crippen molar-refractivity contribution < 1.29 is 26.8 Å². The van der Waals surface area contributed by atoms with E-state index in [1.165, 1.54) is 6.08 Å². The first-order chi connectivity index (χ1) is 15.6. The lowest BCUT2D eigenvalue weighted by molar-refractivity contribution is -0.137. The molecule has 0 saturated heterocycles. The molecular formula is C24H24F3N2O3P. The van der Waals surface area contributed by atoms with Crippen LogP contribution in [0.15, 0.2) is 54.0 Å². The van der Waals surface area contributed by atoms with Gasteiger partial charge in [0.1, 0.15) is 11.4 Å². The van der Waals surface area contributed by atoms with E-state index >= 15 is 0 Å². The van der Waals surface area contributed by atoms with Crippen LogP contribution in [-0.4, -0.2) is 17.8 Å². The van der Waals surface area contributed by atoms with E-state index in [-0.39, 0.29) is 25.1 Å². The van der Waals surface area contributed by atoms with Crippen molar-refractivity contribution in [1.29, 1.82) is 5.26 Å². The molecule has 9 heteroatoms. The molecule has 2 aromatic carbocycles. The molecule has 0 saturated carbocycles. The molecule has 0 spiro atoms. The Labute approximate surface area is 190 Å². The second-order valence-corrected chi connectivity index (χ2v) is 9.40. The van der Waals surface area contributed by atoms with Crippen LogP contribution in [-0.2, 0) is 26.3 Å². The summed E-state index contributed by atoms with van der Waals surface area (Å²) in [5.74, 6) is 0. The molecule has 33 heavy (non-hydrogen) atoms. The molecule has 0 unspecified atom stereocenters. The Bertz CT molecular complexity index is 1260. The molecule has 1 heterocycles. The highest BCUT2D eigenvalue weighted by molar-refractivity contribution is 7.59. The van der Waals surface area contributed by atoms with Gasteiger partial charge in [-0.25, -0.2) is 0 Å². The number of para-hydroxylation sites is 1. The fourth-order valence-electron chi connectivity index (χ4n) is 3.67. The molecule has 0 atom stereocenters. The fourth-order valence-corrected chi connectivity index (χ4v) is 5.12. The summed E-state index contributed by atoms with van der Waals surface area (Å²) in [6.45, 7) is 5.33. The third kappa shape index (κ3) is 5.56. The van der Waals surface area contributed by atoms with E-state index in [0.29, 0.717) is 16.7 Å². The van der Waals surface area contributed by atoms with Gasteiger partial charge in [-0.05, 0) is 50.6 Å². The van der Waals surface area contributed by atoms with Gasteiger partial charge in [0.05, 0.1) is 18.8 Å². The molecule has 0 radical (unpaired) electrons. The normalized spacial score (nSPS) is 12.8. The molecule has 3 rings (SSSR count). The number of halogens is 3. The lowest BCUT2D eigenvalue weighted by Crippen LogP contribution is -2.07. The van der Waals surface area contributed by atoms with Crippen LogP contribution in [0.2, 0.25) is 0 Å². The van der Waals surface area contributed by atoms with Crippen molar-refractivity contribution in [3.8, 4) is 6.07 Å². The third-order valence-corrected chi connectivity index (χ3v) is 6.95. The van der Waals surface area contributed by atoms with Crippen LogP contribution in [0, 0.1) is 18.3 Å². The maximum atomic E-state index is 13.3. The number of benzene rings is 2. The van der Waals surface area contributed by atoms with Gasteiger partial charge >= 0.3 is 13.8 Å². The summed E-state index contributed by atoms with van der Waals surface area (Å²) in [6.07, 6.45) is -1.25. The number of aromatic nitrogens is 1. The molecule has 1 aromatic heterocycles. The van der Waals surface area contributed by atoms with Crippen LogP contribution >= 0.6 is 7.60 Å². The average molecular weight is 476 g/mol. The van der Waals surface area contributed by atoms with E-state index in [2.05, 4.69) is 0 Å². The van der Waals surface area contributed by atoms with E-state index in [1.807, 2.05) is 30.3 Å². The zero-order valence-corrected chi connectivity index (χ0v) is 19.4.